The molecule has 11 nitrogen and oxygen atoms in total. The van der Waals surface area contributed by atoms with Crippen LogP contribution in [0.25, 0.3) is 0 Å². The van der Waals surface area contributed by atoms with Gasteiger partial charge in [-0.2, -0.15) is 0 Å². The lowest BCUT2D eigenvalue weighted by Gasteiger charge is -2.15. The van der Waals surface area contributed by atoms with Crippen molar-refractivity contribution in [2.75, 3.05) is 33.7 Å². The molecule has 0 aliphatic heterocycles. The molecule has 11 heteroatoms. The topological polar surface area (TPSA) is 141 Å². The Morgan fingerprint density at radius 2 is 1.61 bits per heavy atom. The van der Waals surface area contributed by atoms with Gasteiger partial charge in [0, 0.05) is 13.6 Å². The van der Waals surface area contributed by atoms with Crippen molar-refractivity contribution in [2.24, 2.45) is 7.05 Å². The SMILES string of the molecule is CCCn1c(N)c(C(=O)COC(=O)c2cc(OC)c(OC)c(OC)c2)c(=O)n(C)c1=O. The quantitative estimate of drug-likeness (QED) is 0.443. The highest BCUT2D eigenvalue weighted by Gasteiger charge is 2.24. The molecule has 0 fully saturated rings. The molecule has 2 aromatic rings. The summed E-state index contributed by atoms with van der Waals surface area (Å²) in [5.41, 5.74) is 4.05. The lowest BCUT2D eigenvalue weighted by molar-refractivity contribution is 0.0473. The molecule has 0 amide bonds. The Kier molecular flexibility index (Phi) is 7.46. The molecule has 0 atom stereocenters. The standard InChI is InChI=1S/C20H25N3O8/c1-6-7-23-17(21)15(18(25)22(2)20(23)27)12(24)10-31-19(26)11-8-13(28-3)16(30-5)14(9-11)29-4/h8-9H,6-7,10,21H2,1-5H3. The van der Waals surface area contributed by atoms with E-state index in [1.165, 1.54) is 40.5 Å². The summed E-state index contributed by atoms with van der Waals surface area (Å²) in [5.74, 6) is -1.21. The second kappa shape index (κ2) is 9.83. The van der Waals surface area contributed by atoms with Crippen molar-refractivity contribution in [1.29, 1.82) is 0 Å². The Morgan fingerprint density at radius 1 is 1.03 bits per heavy atom. The molecule has 1 aromatic carbocycles. The van der Waals surface area contributed by atoms with Crippen LogP contribution >= 0.6 is 0 Å². The lowest BCUT2D eigenvalue weighted by atomic mass is 10.1. The van der Waals surface area contributed by atoms with Gasteiger partial charge in [0.25, 0.3) is 5.56 Å². The van der Waals surface area contributed by atoms with E-state index in [0.717, 1.165) is 9.13 Å². The first-order chi connectivity index (χ1) is 14.7. The van der Waals surface area contributed by atoms with E-state index < -0.39 is 35.2 Å². The number of nitrogens with two attached hydrogens (primary N) is 1. The van der Waals surface area contributed by atoms with Gasteiger partial charge in [-0.25, -0.2) is 9.59 Å². The molecule has 0 saturated carbocycles. The summed E-state index contributed by atoms with van der Waals surface area (Å²) in [6.07, 6.45) is 0.562. The Labute approximate surface area is 177 Å². The number of nitrogen functional groups attached to an aromatic ring is 1. The molecule has 1 heterocycles. The monoisotopic (exact) mass is 435 g/mol. The van der Waals surface area contributed by atoms with Gasteiger partial charge in [0.05, 0.1) is 26.9 Å². The second-order valence-corrected chi connectivity index (χ2v) is 6.47. The molecular formula is C20H25N3O8. The zero-order valence-electron chi connectivity index (χ0n) is 18.0. The number of ether oxygens (including phenoxy) is 4. The molecule has 31 heavy (non-hydrogen) atoms. The third kappa shape index (κ3) is 4.55. The minimum atomic E-state index is -0.858. The van der Waals surface area contributed by atoms with Crippen molar-refractivity contribution >= 4 is 17.6 Å². The number of hydrogen-bond donors (Lipinski definition) is 1. The first kappa shape index (κ1) is 23.5. The molecule has 2 N–H and O–H groups in total. The van der Waals surface area contributed by atoms with Gasteiger partial charge >= 0.3 is 11.7 Å². The minimum Gasteiger partial charge on any atom is -0.493 e. The first-order valence-electron chi connectivity index (χ1n) is 9.31. The first-order valence-corrected chi connectivity index (χ1v) is 9.31. The summed E-state index contributed by atoms with van der Waals surface area (Å²) in [7, 11) is 5.44. The van der Waals surface area contributed by atoms with Gasteiger partial charge in [-0.3, -0.25) is 18.7 Å². The van der Waals surface area contributed by atoms with E-state index in [2.05, 4.69) is 0 Å². The van der Waals surface area contributed by atoms with Crippen LogP contribution in [-0.4, -0.2) is 48.8 Å². The van der Waals surface area contributed by atoms with E-state index in [0.29, 0.717) is 6.42 Å². The molecule has 0 aliphatic rings. The number of hydrogen-bond acceptors (Lipinski definition) is 9. The molecular weight excluding hydrogens is 410 g/mol. The summed E-state index contributed by atoms with van der Waals surface area (Å²) in [5, 5.41) is 0. The summed E-state index contributed by atoms with van der Waals surface area (Å²) in [4.78, 5) is 49.8. The number of Topliss-reactive ketones (excluding diaryl/α,β-unsaturated/α-hetero) is 1. The highest BCUT2D eigenvalue weighted by atomic mass is 16.5. The van der Waals surface area contributed by atoms with Crippen LogP contribution in [0.1, 0.15) is 34.1 Å². The third-order valence-electron chi connectivity index (χ3n) is 4.54. The molecule has 0 saturated heterocycles. The van der Waals surface area contributed by atoms with Crippen molar-refractivity contribution < 1.29 is 28.5 Å². The van der Waals surface area contributed by atoms with Crippen LogP contribution in [0.2, 0.25) is 0 Å². The van der Waals surface area contributed by atoms with Crippen molar-refractivity contribution in [2.45, 2.75) is 19.9 Å². The molecule has 1 aromatic heterocycles. The van der Waals surface area contributed by atoms with E-state index in [-0.39, 0.29) is 35.2 Å². The van der Waals surface area contributed by atoms with E-state index in [9.17, 15) is 19.2 Å². The van der Waals surface area contributed by atoms with Gasteiger partial charge in [0.1, 0.15) is 11.4 Å². The second-order valence-electron chi connectivity index (χ2n) is 6.47. The van der Waals surface area contributed by atoms with E-state index in [1.807, 2.05) is 6.92 Å². The maximum atomic E-state index is 12.6. The van der Waals surface area contributed by atoms with Gasteiger partial charge in [0.15, 0.2) is 18.1 Å². The number of methoxy groups -OCH3 is 3. The smallest absolute Gasteiger partial charge is 0.338 e. The predicted molar refractivity (Wildman–Crippen MR) is 111 cm³/mol. The fraction of sp³-hybridized carbons (Fsp3) is 0.400. The number of rotatable bonds is 9. The molecule has 0 aliphatic carbocycles. The number of benzene rings is 1. The van der Waals surface area contributed by atoms with Gasteiger partial charge in [-0.05, 0) is 18.6 Å². The van der Waals surface area contributed by atoms with Crippen LogP contribution < -0.4 is 31.2 Å². The fourth-order valence-corrected chi connectivity index (χ4v) is 2.97. The number of ketones is 1. The number of carbonyl (C=O) groups excluding carboxylic acids is 2. The van der Waals surface area contributed by atoms with E-state index in [1.54, 1.807) is 0 Å². The van der Waals surface area contributed by atoms with E-state index >= 15 is 0 Å². The number of esters is 1. The number of anilines is 1. The normalized spacial score (nSPS) is 10.5. The summed E-state index contributed by atoms with van der Waals surface area (Å²) >= 11 is 0. The van der Waals surface area contributed by atoms with Crippen molar-refractivity contribution in [1.82, 2.24) is 9.13 Å². The minimum absolute atomic E-state index is 0.0409. The maximum absolute atomic E-state index is 12.6. The van der Waals surface area contributed by atoms with E-state index in [4.69, 9.17) is 24.7 Å². The largest absolute Gasteiger partial charge is 0.493 e. The molecule has 0 unspecified atom stereocenters. The van der Waals surface area contributed by atoms with Crippen LogP contribution in [0.4, 0.5) is 5.82 Å². The summed E-state index contributed by atoms with van der Waals surface area (Å²) < 4.78 is 22.6. The Balaban J connectivity index is 2.33. The summed E-state index contributed by atoms with van der Waals surface area (Å²) in [6.45, 7) is 1.29. The average Bonchev–Trinajstić information content (AvgIpc) is 2.77. The highest BCUT2D eigenvalue weighted by Crippen LogP contribution is 2.38. The van der Waals surface area contributed by atoms with Gasteiger partial charge < -0.3 is 24.7 Å². The highest BCUT2D eigenvalue weighted by molar-refractivity contribution is 6.02. The molecule has 0 bridgehead atoms. The van der Waals surface area contributed by atoms with Crippen molar-refractivity contribution in [3.8, 4) is 17.2 Å². The van der Waals surface area contributed by atoms with Crippen molar-refractivity contribution in [3.05, 3.63) is 44.1 Å². The van der Waals surface area contributed by atoms with Crippen LogP contribution in [0.15, 0.2) is 21.7 Å². The van der Waals surface area contributed by atoms with Crippen LogP contribution in [-0.2, 0) is 18.3 Å². The van der Waals surface area contributed by atoms with Gasteiger partial charge in [-0.15, -0.1) is 0 Å². The van der Waals surface area contributed by atoms with Crippen LogP contribution in [0.5, 0.6) is 17.2 Å². The van der Waals surface area contributed by atoms with Crippen LogP contribution in [0.3, 0.4) is 0 Å². The molecule has 0 radical (unpaired) electrons. The lowest BCUT2D eigenvalue weighted by Crippen LogP contribution is -2.43. The molecule has 2 rings (SSSR count). The fourth-order valence-electron chi connectivity index (χ4n) is 2.97. The van der Waals surface area contributed by atoms with Crippen LogP contribution in [0, 0.1) is 0 Å². The Hall–Kier alpha value is -3.76. The number of aromatic nitrogens is 2. The Morgan fingerprint density at radius 3 is 2.10 bits per heavy atom. The van der Waals surface area contributed by atoms with Gasteiger partial charge in [-0.1, -0.05) is 6.92 Å². The number of nitrogens with zero attached hydrogens (tertiary/aromatic N) is 2. The zero-order valence-corrected chi connectivity index (χ0v) is 18.0. The molecule has 0 spiro atoms. The van der Waals surface area contributed by atoms with Gasteiger partial charge in [0.2, 0.25) is 11.5 Å². The van der Waals surface area contributed by atoms with Crippen molar-refractivity contribution in [3.63, 3.8) is 0 Å². The average molecular weight is 435 g/mol. The molecule has 168 valence electrons. The Bertz CT molecular complexity index is 1090. The zero-order chi connectivity index (χ0) is 23.3. The third-order valence-corrected chi connectivity index (χ3v) is 4.54. The summed E-state index contributed by atoms with van der Waals surface area (Å²) in [6, 6.07) is 2.73. The number of carbonyl (C=O) groups is 2. The maximum Gasteiger partial charge on any atom is 0.338 e. The predicted octanol–water partition coefficient (Wildman–Crippen LogP) is 0.605.